The molecular formula is C26H36BrF3N6O. The van der Waals surface area contributed by atoms with Crippen molar-refractivity contribution in [2.75, 3.05) is 43.4 Å². The molecule has 2 amide bonds. The number of imidazole rings is 1. The van der Waals surface area contributed by atoms with Crippen LogP contribution in [0.2, 0.25) is 0 Å². The molecule has 0 saturated carbocycles. The minimum atomic E-state index is -4.53. The molecule has 7 nitrogen and oxygen atoms in total. The second-order valence-corrected chi connectivity index (χ2v) is 9.37. The van der Waals surface area contributed by atoms with Crippen molar-refractivity contribution in [3.05, 3.63) is 58.5 Å². The van der Waals surface area contributed by atoms with Crippen molar-refractivity contribution in [3.63, 3.8) is 0 Å². The number of benzene rings is 1. The van der Waals surface area contributed by atoms with E-state index < -0.39 is 17.8 Å². The highest BCUT2D eigenvalue weighted by Crippen LogP contribution is 2.34. The van der Waals surface area contributed by atoms with Crippen molar-refractivity contribution in [2.45, 2.75) is 47.3 Å². The first-order chi connectivity index (χ1) is 17.2. The van der Waals surface area contributed by atoms with Gasteiger partial charge in [0, 0.05) is 50.8 Å². The lowest BCUT2D eigenvalue weighted by molar-refractivity contribution is -0.138. The Balaban J connectivity index is 0.00000115. The number of hydrogen-bond acceptors (Lipinski definition) is 4. The molecule has 37 heavy (non-hydrogen) atoms. The fourth-order valence-electron chi connectivity index (χ4n) is 3.92. The van der Waals surface area contributed by atoms with Gasteiger partial charge in [-0.3, -0.25) is 9.30 Å². The maximum absolute atomic E-state index is 13.8. The molecule has 3 aromatic rings. The van der Waals surface area contributed by atoms with Crippen molar-refractivity contribution < 1.29 is 18.0 Å². The molecule has 1 saturated heterocycles. The first kappa shape index (κ1) is 30.6. The van der Waals surface area contributed by atoms with Crippen molar-refractivity contribution in [1.29, 1.82) is 0 Å². The van der Waals surface area contributed by atoms with Crippen LogP contribution in [0.25, 0.3) is 5.65 Å². The number of anilines is 2. The minimum Gasteiger partial charge on any atom is -0.308 e. The largest absolute Gasteiger partial charge is 0.416 e. The van der Waals surface area contributed by atoms with Gasteiger partial charge in [0.15, 0.2) is 5.65 Å². The molecule has 1 fully saturated rings. The van der Waals surface area contributed by atoms with Crippen LogP contribution in [0, 0.1) is 0 Å². The zero-order valence-electron chi connectivity index (χ0n) is 20.7. The molecule has 0 unspecified atom stereocenters. The summed E-state index contributed by atoms with van der Waals surface area (Å²) in [4.78, 5) is 21.0. The molecule has 1 aromatic carbocycles. The summed E-state index contributed by atoms with van der Waals surface area (Å²) in [5.41, 5.74) is 0.465. The Hall–Kier alpha value is -2.63. The highest BCUT2D eigenvalue weighted by atomic mass is 79.9. The summed E-state index contributed by atoms with van der Waals surface area (Å²) in [6, 6.07) is 6.68. The van der Waals surface area contributed by atoms with Gasteiger partial charge >= 0.3 is 12.2 Å². The van der Waals surface area contributed by atoms with Gasteiger partial charge in [-0.25, -0.2) is 9.78 Å². The number of likely N-dealkylation sites (N-methyl/N-ethyl adjacent to an activating group) is 1. The van der Waals surface area contributed by atoms with E-state index in [0.717, 1.165) is 43.4 Å². The van der Waals surface area contributed by atoms with Crippen LogP contribution in [-0.4, -0.2) is 57.9 Å². The number of rotatable bonds is 5. The minimum absolute atomic E-state index is 0. The average Bonchev–Trinajstić information content (AvgIpc) is 3.34. The highest BCUT2D eigenvalue weighted by Gasteiger charge is 2.34. The summed E-state index contributed by atoms with van der Waals surface area (Å²) in [5, 5.41) is 5.15. The third kappa shape index (κ3) is 8.18. The van der Waals surface area contributed by atoms with Crippen LogP contribution >= 0.6 is 15.9 Å². The summed E-state index contributed by atoms with van der Waals surface area (Å²) >= 11 is 3.39. The Bertz CT molecular complexity index is 1160. The molecule has 0 spiro atoms. The van der Waals surface area contributed by atoms with Crippen LogP contribution in [0.15, 0.2) is 47.3 Å². The van der Waals surface area contributed by atoms with E-state index in [1.807, 2.05) is 4.90 Å². The standard InChI is InChI=1S/C22H24BrF3N6O.C3H8.CH4/c1-2-30-9-11-31(12-10-30)14-15-3-4-16(13-17(15)22(24,25)26)28-21(33)29-18-5-6-19(23)32-8-7-27-20(18)32;1-3-2;/h3-8,13H,2,9-12,14H2,1H3,(H2,28,29,33);3H2,1-2H3;1H4. The Labute approximate surface area is 225 Å². The fourth-order valence-corrected chi connectivity index (χ4v) is 4.34. The number of alkyl halides is 3. The first-order valence-corrected chi connectivity index (χ1v) is 12.8. The molecule has 1 aliphatic heterocycles. The third-order valence-corrected chi connectivity index (χ3v) is 6.37. The molecule has 2 N–H and O–H groups in total. The quantitative estimate of drug-likeness (QED) is 0.318. The number of nitrogens with zero attached hydrogens (tertiary/aromatic N) is 4. The third-order valence-electron chi connectivity index (χ3n) is 5.73. The summed E-state index contributed by atoms with van der Waals surface area (Å²) in [6.07, 6.45) is 0.0288. The number of aromatic nitrogens is 2. The summed E-state index contributed by atoms with van der Waals surface area (Å²) in [6.45, 7) is 10.6. The molecule has 1 aliphatic rings. The number of piperazine rings is 1. The molecule has 204 valence electrons. The van der Waals surface area contributed by atoms with Gasteiger partial charge in [0.2, 0.25) is 0 Å². The number of amides is 2. The van der Waals surface area contributed by atoms with E-state index in [2.05, 4.69) is 57.2 Å². The van der Waals surface area contributed by atoms with Crippen molar-refractivity contribution >= 4 is 39.0 Å². The Morgan fingerprint density at radius 2 is 1.68 bits per heavy atom. The monoisotopic (exact) mass is 584 g/mol. The molecule has 2 aromatic heterocycles. The number of carbonyl (C=O) groups excluding carboxylic acids is 1. The molecule has 3 heterocycles. The molecular weight excluding hydrogens is 549 g/mol. The zero-order chi connectivity index (χ0) is 26.3. The van der Waals surface area contributed by atoms with Gasteiger partial charge in [-0.2, -0.15) is 13.2 Å². The van der Waals surface area contributed by atoms with E-state index in [-0.39, 0.29) is 25.2 Å². The van der Waals surface area contributed by atoms with Crippen LogP contribution < -0.4 is 10.6 Å². The second-order valence-electron chi connectivity index (χ2n) is 8.56. The van der Waals surface area contributed by atoms with Gasteiger partial charge in [-0.05, 0) is 52.3 Å². The van der Waals surface area contributed by atoms with E-state index in [9.17, 15) is 18.0 Å². The van der Waals surface area contributed by atoms with Crippen LogP contribution in [0.3, 0.4) is 0 Å². The number of pyridine rings is 1. The highest BCUT2D eigenvalue weighted by molar-refractivity contribution is 9.10. The van der Waals surface area contributed by atoms with Gasteiger partial charge in [-0.1, -0.05) is 40.7 Å². The Morgan fingerprint density at radius 1 is 1.03 bits per heavy atom. The lowest BCUT2D eigenvalue weighted by atomic mass is 10.0. The van der Waals surface area contributed by atoms with Gasteiger partial charge in [0.25, 0.3) is 0 Å². The lowest BCUT2D eigenvalue weighted by Crippen LogP contribution is -2.45. The second kappa shape index (κ2) is 13.8. The van der Waals surface area contributed by atoms with Crippen LogP contribution in [0.4, 0.5) is 29.3 Å². The predicted octanol–water partition coefficient (Wildman–Crippen LogP) is 6.95. The van der Waals surface area contributed by atoms with Crippen molar-refractivity contribution in [3.8, 4) is 0 Å². The van der Waals surface area contributed by atoms with E-state index in [1.54, 1.807) is 28.9 Å². The summed E-state index contributed by atoms with van der Waals surface area (Å²) < 4.78 is 43.9. The first-order valence-electron chi connectivity index (χ1n) is 12.0. The van der Waals surface area contributed by atoms with E-state index >= 15 is 0 Å². The summed E-state index contributed by atoms with van der Waals surface area (Å²) in [5.74, 6) is 0. The molecule has 0 radical (unpaired) electrons. The topological polar surface area (TPSA) is 64.9 Å². The van der Waals surface area contributed by atoms with Crippen LogP contribution in [0.5, 0.6) is 0 Å². The average molecular weight is 586 g/mol. The zero-order valence-corrected chi connectivity index (χ0v) is 22.3. The van der Waals surface area contributed by atoms with Crippen LogP contribution in [0.1, 0.15) is 45.7 Å². The van der Waals surface area contributed by atoms with Crippen LogP contribution in [-0.2, 0) is 12.7 Å². The number of nitrogens with one attached hydrogen (secondary N) is 2. The van der Waals surface area contributed by atoms with E-state index in [4.69, 9.17) is 0 Å². The number of fused-ring (bicyclic) bond motifs is 1. The smallest absolute Gasteiger partial charge is 0.308 e. The molecule has 0 atom stereocenters. The van der Waals surface area contributed by atoms with Gasteiger partial charge < -0.3 is 15.5 Å². The van der Waals surface area contributed by atoms with Gasteiger partial charge in [0.05, 0.1) is 15.9 Å². The van der Waals surface area contributed by atoms with Crippen molar-refractivity contribution in [2.24, 2.45) is 0 Å². The number of urea groups is 1. The SMILES string of the molecule is C.CCC.CCN1CCN(Cc2ccc(NC(=O)Nc3ccc(Br)n4ccnc34)cc2C(F)(F)F)CC1. The van der Waals surface area contributed by atoms with Gasteiger partial charge in [0.1, 0.15) is 0 Å². The predicted molar refractivity (Wildman–Crippen MR) is 147 cm³/mol. The number of hydrogen-bond donors (Lipinski definition) is 2. The normalized spacial score (nSPS) is 14.5. The maximum atomic E-state index is 13.8. The molecule has 11 heteroatoms. The molecule has 0 bridgehead atoms. The Kier molecular flexibility index (Phi) is 11.4. The van der Waals surface area contributed by atoms with E-state index in [1.165, 1.54) is 18.6 Å². The fraction of sp³-hybridized carbons (Fsp3) is 0.462. The molecule has 4 rings (SSSR count). The Morgan fingerprint density at radius 3 is 2.30 bits per heavy atom. The maximum Gasteiger partial charge on any atom is 0.416 e. The molecule has 0 aliphatic carbocycles. The van der Waals surface area contributed by atoms with Gasteiger partial charge in [-0.15, -0.1) is 0 Å². The van der Waals surface area contributed by atoms with E-state index in [0.29, 0.717) is 11.3 Å². The number of carbonyl (C=O) groups is 1. The lowest BCUT2D eigenvalue weighted by Gasteiger charge is -2.34. The summed E-state index contributed by atoms with van der Waals surface area (Å²) in [7, 11) is 0. The van der Waals surface area contributed by atoms with Crippen molar-refractivity contribution in [1.82, 2.24) is 19.2 Å². The number of halogens is 4.